The zero-order chi connectivity index (χ0) is 14.8. The summed E-state index contributed by atoms with van der Waals surface area (Å²) in [6, 6.07) is 8.80. The second-order valence-corrected chi connectivity index (χ2v) is 4.66. The minimum atomic E-state index is -0.896. The standard InChI is InChI=1S/C15H13FN2O3/c16-10-3-1-9(2-4-10)13(19)8-17-15(20)12-7-14-11(18-12)5-6-21-14/h1-7,13,18-19H,8H2,(H,17,20). The van der Waals surface area contributed by atoms with E-state index in [2.05, 4.69) is 10.3 Å². The summed E-state index contributed by atoms with van der Waals surface area (Å²) < 4.78 is 18.0. The summed E-state index contributed by atoms with van der Waals surface area (Å²) in [4.78, 5) is 14.9. The van der Waals surface area contributed by atoms with Crippen molar-refractivity contribution in [1.29, 1.82) is 0 Å². The van der Waals surface area contributed by atoms with Crippen molar-refractivity contribution in [3.8, 4) is 0 Å². The molecule has 1 aromatic carbocycles. The topological polar surface area (TPSA) is 78.3 Å². The number of H-pyrrole nitrogens is 1. The smallest absolute Gasteiger partial charge is 0.267 e. The van der Waals surface area contributed by atoms with E-state index >= 15 is 0 Å². The fourth-order valence-corrected chi connectivity index (χ4v) is 2.06. The Morgan fingerprint density at radius 2 is 2.10 bits per heavy atom. The largest absolute Gasteiger partial charge is 0.463 e. The van der Waals surface area contributed by atoms with Gasteiger partial charge in [0.1, 0.15) is 11.5 Å². The molecule has 0 saturated carbocycles. The van der Waals surface area contributed by atoms with Crippen LogP contribution < -0.4 is 5.32 Å². The van der Waals surface area contributed by atoms with Gasteiger partial charge < -0.3 is 19.8 Å². The van der Waals surface area contributed by atoms with E-state index < -0.39 is 6.10 Å². The second-order valence-electron chi connectivity index (χ2n) is 4.66. The SMILES string of the molecule is O=C(NCC(O)c1ccc(F)cc1)c1cc2occc2[nH]1. The molecule has 0 saturated heterocycles. The van der Waals surface area contributed by atoms with Crippen molar-refractivity contribution in [2.75, 3.05) is 6.54 Å². The van der Waals surface area contributed by atoms with Gasteiger partial charge in [-0.3, -0.25) is 4.79 Å². The molecule has 0 spiro atoms. The summed E-state index contributed by atoms with van der Waals surface area (Å²) in [5.74, 6) is -0.716. The molecule has 0 radical (unpaired) electrons. The number of nitrogens with one attached hydrogen (secondary N) is 2. The molecule has 1 atom stereocenters. The van der Waals surface area contributed by atoms with Gasteiger partial charge in [0, 0.05) is 18.7 Å². The van der Waals surface area contributed by atoms with Gasteiger partial charge in [0.15, 0.2) is 5.58 Å². The zero-order valence-electron chi connectivity index (χ0n) is 11.0. The normalized spacial score (nSPS) is 12.5. The molecule has 1 amide bonds. The first-order chi connectivity index (χ1) is 10.1. The molecule has 2 aromatic heterocycles. The van der Waals surface area contributed by atoms with E-state index in [1.165, 1.54) is 30.5 Å². The minimum Gasteiger partial charge on any atom is -0.463 e. The van der Waals surface area contributed by atoms with Gasteiger partial charge in [0.2, 0.25) is 0 Å². The third kappa shape index (κ3) is 2.80. The number of fused-ring (bicyclic) bond motifs is 1. The molecule has 0 fully saturated rings. The number of amides is 1. The number of benzene rings is 1. The van der Waals surface area contributed by atoms with Gasteiger partial charge in [0.25, 0.3) is 5.91 Å². The molecule has 3 rings (SSSR count). The predicted octanol–water partition coefficient (Wildman–Crippen LogP) is 2.36. The Morgan fingerprint density at radius 1 is 1.33 bits per heavy atom. The second kappa shape index (κ2) is 5.41. The Labute approximate surface area is 119 Å². The molecule has 21 heavy (non-hydrogen) atoms. The number of aromatic amines is 1. The first kappa shape index (κ1) is 13.4. The van der Waals surface area contributed by atoms with E-state index in [1.54, 1.807) is 12.1 Å². The monoisotopic (exact) mass is 288 g/mol. The number of halogens is 1. The Balaban J connectivity index is 1.62. The van der Waals surface area contributed by atoms with Crippen LogP contribution >= 0.6 is 0 Å². The van der Waals surface area contributed by atoms with Gasteiger partial charge in [-0.1, -0.05) is 12.1 Å². The van der Waals surface area contributed by atoms with E-state index in [-0.39, 0.29) is 18.3 Å². The van der Waals surface area contributed by atoms with Crippen LogP contribution in [-0.4, -0.2) is 22.5 Å². The van der Waals surface area contributed by atoms with Crippen LogP contribution in [-0.2, 0) is 0 Å². The number of hydrogen-bond acceptors (Lipinski definition) is 3. The fourth-order valence-electron chi connectivity index (χ4n) is 2.06. The maximum absolute atomic E-state index is 12.8. The lowest BCUT2D eigenvalue weighted by Crippen LogP contribution is -2.28. The number of aliphatic hydroxyl groups excluding tert-OH is 1. The van der Waals surface area contributed by atoms with Gasteiger partial charge in [0.05, 0.1) is 17.9 Å². The first-order valence-electron chi connectivity index (χ1n) is 6.41. The molecule has 3 N–H and O–H groups in total. The number of carbonyl (C=O) groups is 1. The van der Waals surface area contributed by atoms with Gasteiger partial charge in [-0.15, -0.1) is 0 Å². The van der Waals surface area contributed by atoms with Crippen LogP contribution in [0.3, 0.4) is 0 Å². The lowest BCUT2D eigenvalue weighted by molar-refractivity contribution is 0.0912. The van der Waals surface area contributed by atoms with Crippen molar-refractivity contribution >= 4 is 17.0 Å². The molecule has 1 unspecified atom stereocenters. The molecule has 0 bridgehead atoms. The van der Waals surface area contributed by atoms with Gasteiger partial charge in [-0.2, -0.15) is 0 Å². The van der Waals surface area contributed by atoms with Crippen LogP contribution in [0.5, 0.6) is 0 Å². The number of aromatic nitrogens is 1. The summed E-state index contributed by atoms with van der Waals surface area (Å²) in [6.07, 6.45) is 0.633. The Kier molecular flexibility index (Phi) is 3.45. The van der Waals surface area contributed by atoms with E-state index in [9.17, 15) is 14.3 Å². The van der Waals surface area contributed by atoms with Gasteiger partial charge >= 0.3 is 0 Å². The summed E-state index contributed by atoms with van der Waals surface area (Å²) in [7, 11) is 0. The molecule has 6 heteroatoms. The molecule has 0 aliphatic carbocycles. The molecular weight excluding hydrogens is 275 g/mol. The molecule has 2 heterocycles. The number of carbonyl (C=O) groups excluding carboxylic acids is 1. The van der Waals surface area contributed by atoms with Crippen LogP contribution in [0.15, 0.2) is 47.1 Å². The van der Waals surface area contributed by atoms with Crippen molar-refractivity contribution in [1.82, 2.24) is 10.3 Å². The van der Waals surface area contributed by atoms with Gasteiger partial charge in [-0.05, 0) is 17.7 Å². The summed E-state index contributed by atoms with van der Waals surface area (Å²) in [5.41, 5.74) is 2.23. The van der Waals surface area contributed by atoms with Crippen LogP contribution in [0, 0.1) is 5.82 Å². The summed E-state index contributed by atoms with van der Waals surface area (Å²) in [5, 5.41) is 12.5. The molecule has 3 aromatic rings. The third-order valence-corrected chi connectivity index (χ3v) is 3.20. The lowest BCUT2D eigenvalue weighted by atomic mass is 10.1. The average Bonchev–Trinajstić information content (AvgIpc) is 3.06. The van der Waals surface area contributed by atoms with Crippen molar-refractivity contribution in [3.05, 3.63) is 59.7 Å². The molecule has 5 nitrogen and oxygen atoms in total. The van der Waals surface area contributed by atoms with Crippen molar-refractivity contribution in [3.63, 3.8) is 0 Å². The molecule has 108 valence electrons. The summed E-state index contributed by atoms with van der Waals surface area (Å²) in [6.45, 7) is 0.0326. The Morgan fingerprint density at radius 3 is 2.81 bits per heavy atom. The van der Waals surface area contributed by atoms with Crippen LogP contribution in [0.25, 0.3) is 11.1 Å². The number of aliphatic hydroxyl groups is 1. The third-order valence-electron chi connectivity index (χ3n) is 3.20. The highest BCUT2D eigenvalue weighted by atomic mass is 19.1. The average molecular weight is 288 g/mol. The Bertz CT molecular complexity index is 732. The van der Waals surface area contributed by atoms with E-state index in [0.717, 1.165) is 5.52 Å². The van der Waals surface area contributed by atoms with Crippen molar-refractivity contribution in [2.45, 2.75) is 6.10 Å². The number of rotatable bonds is 4. The summed E-state index contributed by atoms with van der Waals surface area (Å²) >= 11 is 0. The van der Waals surface area contributed by atoms with Crippen LogP contribution in [0.1, 0.15) is 22.2 Å². The fraction of sp³-hybridized carbons (Fsp3) is 0.133. The zero-order valence-corrected chi connectivity index (χ0v) is 11.0. The van der Waals surface area contributed by atoms with Crippen LogP contribution in [0.4, 0.5) is 4.39 Å². The lowest BCUT2D eigenvalue weighted by Gasteiger charge is -2.11. The van der Waals surface area contributed by atoms with Crippen LogP contribution in [0.2, 0.25) is 0 Å². The van der Waals surface area contributed by atoms with E-state index in [0.29, 0.717) is 16.8 Å². The quantitative estimate of drug-likeness (QED) is 0.689. The molecule has 0 aliphatic heterocycles. The van der Waals surface area contributed by atoms with E-state index in [4.69, 9.17) is 4.42 Å². The number of furan rings is 1. The maximum Gasteiger partial charge on any atom is 0.267 e. The van der Waals surface area contributed by atoms with E-state index in [1.807, 2.05) is 0 Å². The molecule has 0 aliphatic rings. The minimum absolute atomic E-state index is 0.0326. The first-order valence-corrected chi connectivity index (χ1v) is 6.41. The Hall–Kier alpha value is -2.60. The predicted molar refractivity (Wildman–Crippen MR) is 74.3 cm³/mol. The van der Waals surface area contributed by atoms with Crippen molar-refractivity contribution in [2.24, 2.45) is 0 Å². The highest BCUT2D eigenvalue weighted by molar-refractivity contribution is 5.96. The highest BCUT2D eigenvalue weighted by Gasteiger charge is 2.13. The molecular formula is C15H13FN2O3. The van der Waals surface area contributed by atoms with Crippen molar-refractivity contribution < 1.29 is 18.7 Å². The highest BCUT2D eigenvalue weighted by Crippen LogP contribution is 2.16. The van der Waals surface area contributed by atoms with Gasteiger partial charge in [-0.25, -0.2) is 4.39 Å². The number of hydrogen-bond donors (Lipinski definition) is 3. The maximum atomic E-state index is 12.8.